The maximum absolute atomic E-state index is 10.8. The summed E-state index contributed by atoms with van der Waals surface area (Å²) in [5, 5.41) is 12.4. The lowest BCUT2D eigenvalue weighted by molar-refractivity contribution is 0.0686. The molecule has 0 aliphatic carbocycles. The number of carboxylic acids is 1. The van der Waals surface area contributed by atoms with Gasteiger partial charge in [-0.25, -0.2) is 4.79 Å². The largest absolute Gasteiger partial charge is 0.476 e. The molecule has 0 saturated carbocycles. The number of benzene rings is 1. The van der Waals surface area contributed by atoms with Crippen LogP contribution in [0.2, 0.25) is 0 Å². The van der Waals surface area contributed by atoms with Gasteiger partial charge in [-0.15, -0.1) is 0 Å². The van der Waals surface area contributed by atoms with Gasteiger partial charge in [0.15, 0.2) is 11.5 Å². The topological polar surface area (TPSA) is 66.6 Å². The predicted molar refractivity (Wildman–Crippen MR) is 78.0 cm³/mol. The molecule has 0 atom stereocenters. The molecule has 1 aliphatic rings. The number of rotatable bonds is 3. The Kier molecular flexibility index (Phi) is 3.48. The summed E-state index contributed by atoms with van der Waals surface area (Å²) in [5.74, 6) is -0.635. The summed E-state index contributed by atoms with van der Waals surface area (Å²) in [4.78, 5) is 13.1. The molecule has 20 heavy (non-hydrogen) atoms. The van der Waals surface area contributed by atoms with Gasteiger partial charge in [-0.3, -0.25) is 0 Å². The lowest BCUT2D eigenvalue weighted by atomic mass is 10.1. The summed E-state index contributed by atoms with van der Waals surface area (Å²) < 4.78 is 6.04. The van der Waals surface area contributed by atoms with Gasteiger partial charge < -0.3 is 14.5 Å². The van der Waals surface area contributed by atoms with Gasteiger partial charge in [0.05, 0.1) is 5.69 Å². The van der Waals surface area contributed by atoms with Crippen LogP contribution in [0.3, 0.4) is 0 Å². The number of aromatic nitrogens is 1. The first-order chi connectivity index (χ1) is 9.65. The van der Waals surface area contributed by atoms with E-state index in [4.69, 9.17) is 9.63 Å². The molecule has 0 radical (unpaired) electrons. The van der Waals surface area contributed by atoms with E-state index in [-0.39, 0.29) is 5.69 Å². The molecule has 1 aromatic carbocycles. The van der Waals surface area contributed by atoms with E-state index in [0.29, 0.717) is 5.76 Å². The van der Waals surface area contributed by atoms with Crippen molar-refractivity contribution in [2.75, 3.05) is 18.0 Å². The van der Waals surface area contributed by atoms with Crippen molar-refractivity contribution in [2.24, 2.45) is 0 Å². The zero-order chi connectivity index (χ0) is 14.1. The molecule has 1 aromatic heterocycles. The van der Waals surface area contributed by atoms with Gasteiger partial charge in [-0.05, 0) is 47.0 Å². The van der Waals surface area contributed by atoms with Crippen LogP contribution in [0.1, 0.15) is 23.3 Å². The van der Waals surface area contributed by atoms with E-state index < -0.39 is 5.97 Å². The van der Waals surface area contributed by atoms with Gasteiger partial charge >= 0.3 is 5.97 Å². The number of aromatic carboxylic acids is 1. The molecule has 6 heteroatoms. The van der Waals surface area contributed by atoms with Crippen LogP contribution in [0.4, 0.5) is 5.69 Å². The summed E-state index contributed by atoms with van der Waals surface area (Å²) in [6, 6.07) is 7.30. The molecular weight excluding hydrogens is 324 g/mol. The molecule has 0 unspecified atom stereocenters. The van der Waals surface area contributed by atoms with E-state index in [9.17, 15) is 4.79 Å². The molecule has 5 nitrogen and oxygen atoms in total. The minimum atomic E-state index is -1.09. The van der Waals surface area contributed by atoms with Gasteiger partial charge in [0.25, 0.3) is 0 Å². The van der Waals surface area contributed by atoms with Crippen LogP contribution in [0, 0.1) is 0 Å². The Balaban J connectivity index is 1.90. The Morgan fingerprint density at radius 2 is 2.05 bits per heavy atom. The number of hydrogen-bond donors (Lipinski definition) is 1. The third-order valence-corrected chi connectivity index (χ3v) is 4.04. The second-order valence-electron chi connectivity index (χ2n) is 4.74. The van der Waals surface area contributed by atoms with E-state index in [2.05, 4.69) is 26.0 Å². The van der Waals surface area contributed by atoms with Gasteiger partial charge in [0.2, 0.25) is 0 Å². The van der Waals surface area contributed by atoms with Crippen molar-refractivity contribution in [3.05, 3.63) is 34.4 Å². The van der Waals surface area contributed by atoms with Crippen molar-refractivity contribution in [3.63, 3.8) is 0 Å². The SMILES string of the molecule is O=C(O)c1cc(-c2ccc(N3CCCC3)c(Br)c2)on1. The summed E-state index contributed by atoms with van der Waals surface area (Å²) >= 11 is 3.57. The van der Waals surface area contributed by atoms with Gasteiger partial charge in [-0.1, -0.05) is 5.16 Å². The van der Waals surface area contributed by atoms with Crippen LogP contribution in [0.15, 0.2) is 33.3 Å². The zero-order valence-corrected chi connectivity index (χ0v) is 12.3. The van der Waals surface area contributed by atoms with Crippen molar-refractivity contribution < 1.29 is 14.4 Å². The van der Waals surface area contributed by atoms with Crippen LogP contribution in [0.5, 0.6) is 0 Å². The molecule has 0 spiro atoms. The van der Waals surface area contributed by atoms with Crippen LogP contribution in [0.25, 0.3) is 11.3 Å². The zero-order valence-electron chi connectivity index (χ0n) is 10.7. The van der Waals surface area contributed by atoms with Crippen molar-refractivity contribution in [3.8, 4) is 11.3 Å². The Labute approximate surface area is 124 Å². The van der Waals surface area contributed by atoms with E-state index in [1.165, 1.54) is 18.9 Å². The number of anilines is 1. The Morgan fingerprint density at radius 1 is 1.30 bits per heavy atom. The van der Waals surface area contributed by atoms with Gasteiger partial charge in [0, 0.05) is 29.2 Å². The van der Waals surface area contributed by atoms with Gasteiger partial charge in [-0.2, -0.15) is 0 Å². The fraction of sp³-hybridized carbons (Fsp3) is 0.286. The van der Waals surface area contributed by atoms with Gasteiger partial charge in [0.1, 0.15) is 0 Å². The Morgan fingerprint density at radius 3 is 2.65 bits per heavy atom. The van der Waals surface area contributed by atoms with Crippen LogP contribution >= 0.6 is 15.9 Å². The van der Waals surface area contributed by atoms with E-state index in [0.717, 1.165) is 28.8 Å². The van der Waals surface area contributed by atoms with E-state index in [1.54, 1.807) is 0 Å². The molecule has 2 heterocycles. The number of carboxylic acid groups (broad SMARTS) is 1. The molecule has 1 fully saturated rings. The highest BCUT2D eigenvalue weighted by Gasteiger charge is 2.17. The van der Waals surface area contributed by atoms with Crippen LogP contribution < -0.4 is 4.90 Å². The second-order valence-corrected chi connectivity index (χ2v) is 5.60. The highest BCUT2D eigenvalue weighted by molar-refractivity contribution is 9.10. The number of nitrogens with zero attached hydrogens (tertiary/aromatic N) is 2. The summed E-state index contributed by atoms with van der Waals surface area (Å²) in [5.41, 5.74) is 1.88. The first-order valence-corrected chi connectivity index (χ1v) is 7.19. The maximum Gasteiger partial charge on any atom is 0.358 e. The summed E-state index contributed by atoms with van der Waals surface area (Å²) in [7, 11) is 0. The van der Waals surface area contributed by atoms with Crippen molar-refractivity contribution in [1.82, 2.24) is 5.16 Å². The quantitative estimate of drug-likeness (QED) is 0.930. The van der Waals surface area contributed by atoms with Crippen molar-refractivity contribution >= 4 is 27.6 Å². The molecule has 1 N–H and O–H groups in total. The molecular formula is C14H13BrN2O3. The monoisotopic (exact) mass is 336 g/mol. The first kappa shape index (κ1) is 13.2. The van der Waals surface area contributed by atoms with E-state index in [1.807, 2.05) is 18.2 Å². The molecule has 2 aromatic rings. The number of halogens is 1. The predicted octanol–water partition coefficient (Wildman–Crippen LogP) is 3.40. The lowest BCUT2D eigenvalue weighted by Crippen LogP contribution is -2.17. The van der Waals surface area contributed by atoms with Crippen molar-refractivity contribution in [1.29, 1.82) is 0 Å². The molecule has 104 valence electrons. The smallest absolute Gasteiger partial charge is 0.358 e. The fourth-order valence-electron chi connectivity index (χ4n) is 2.39. The fourth-order valence-corrected chi connectivity index (χ4v) is 3.02. The average Bonchev–Trinajstić information content (AvgIpc) is 3.10. The number of carbonyl (C=O) groups is 1. The number of hydrogen-bond acceptors (Lipinski definition) is 4. The third-order valence-electron chi connectivity index (χ3n) is 3.41. The third kappa shape index (κ3) is 2.43. The summed E-state index contributed by atoms with van der Waals surface area (Å²) in [6.07, 6.45) is 2.44. The lowest BCUT2D eigenvalue weighted by Gasteiger charge is -2.19. The molecule has 3 rings (SSSR count). The Bertz CT molecular complexity index is 648. The van der Waals surface area contributed by atoms with Crippen LogP contribution in [-0.2, 0) is 0 Å². The Hall–Kier alpha value is -1.82. The van der Waals surface area contributed by atoms with Crippen LogP contribution in [-0.4, -0.2) is 29.3 Å². The molecule has 0 amide bonds. The maximum atomic E-state index is 10.8. The molecule has 1 saturated heterocycles. The standard InChI is InChI=1S/C14H13BrN2O3/c15-10-7-9(13-8-11(14(18)19)16-20-13)3-4-12(10)17-5-1-2-6-17/h3-4,7-8H,1-2,5-6H2,(H,18,19). The second kappa shape index (κ2) is 5.28. The minimum Gasteiger partial charge on any atom is -0.476 e. The van der Waals surface area contributed by atoms with Crippen molar-refractivity contribution in [2.45, 2.75) is 12.8 Å². The normalized spacial score (nSPS) is 14.8. The highest BCUT2D eigenvalue weighted by Crippen LogP contribution is 2.33. The molecule has 0 bridgehead atoms. The highest BCUT2D eigenvalue weighted by atomic mass is 79.9. The average molecular weight is 337 g/mol. The molecule has 1 aliphatic heterocycles. The minimum absolute atomic E-state index is 0.0836. The summed E-state index contributed by atoms with van der Waals surface area (Å²) in [6.45, 7) is 2.15. The van der Waals surface area contributed by atoms with E-state index >= 15 is 0 Å². The first-order valence-electron chi connectivity index (χ1n) is 6.40.